The Bertz CT molecular complexity index is 1050. The van der Waals surface area contributed by atoms with E-state index in [4.69, 9.17) is 0 Å². The van der Waals surface area contributed by atoms with Crippen LogP contribution in [0.15, 0.2) is 48.5 Å². The van der Waals surface area contributed by atoms with Crippen LogP contribution >= 0.6 is 0 Å². The van der Waals surface area contributed by atoms with E-state index in [9.17, 15) is 18.0 Å². The second kappa shape index (κ2) is 9.96. The van der Waals surface area contributed by atoms with Crippen LogP contribution in [0.1, 0.15) is 42.1 Å². The van der Waals surface area contributed by atoms with E-state index < -0.39 is 15.9 Å². The number of likely N-dealkylation sites (tertiary alicyclic amines) is 1. The normalized spacial score (nSPS) is 14.2. The summed E-state index contributed by atoms with van der Waals surface area (Å²) < 4.78 is 26.0. The fourth-order valence-corrected chi connectivity index (χ4v) is 4.69. The smallest absolute Gasteiger partial charge is 0.255 e. The van der Waals surface area contributed by atoms with Gasteiger partial charge in [0, 0.05) is 13.1 Å². The van der Waals surface area contributed by atoms with Crippen LogP contribution in [0, 0.1) is 0 Å². The van der Waals surface area contributed by atoms with E-state index in [1.54, 1.807) is 41.3 Å². The molecule has 0 saturated carbocycles. The van der Waals surface area contributed by atoms with Crippen molar-refractivity contribution in [2.75, 3.05) is 35.5 Å². The van der Waals surface area contributed by atoms with Gasteiger partial charge in [-0.1, -0.05) is 37.3 Å². The number of amides is 2. The Balaban J connectivity index is 1.81. The first-order valence-corrected chi connectivity index (χ1v) is 12.4. The number of piperidine rings is 1. The van der Waals surface area contributed by atoms with Gasteiger partial charge in [-0.25, -0.2) is 8.42 Å². The van der Waals surface area contributed by atoms with Crippen molar-refractivity contribution in [3.63, 3.8) is 0 Å². The molecular formula is C23H29N3O4S. The molecule has 0 bridgehead atoms. The summed E-state index contributed by atoms with van der Waals surface area (Å²) >= 11 is 0. The highest BCUT2D eigenvalue weighted by molar-refractivity contribution is 7.92. The van der Waals surface area contributed by atoms with Crippen molar-refractivity contribution in [2.24, 2.45) is 0 Å². The second-order valence-corrected chi connectivity index (χ2v) is 9.61. The fraction of sp³-hybridized carbons (Fsp3) is 0.391. The van der Waals surface area contributed by atoms with E-state index in [1.807, 2.05) is 19.1 Å². The van der Waals surface area contributed by atoms with Gasteiger partial charge in [0.15, 0.2) is 0 Å². The molecule has 0 aliphatic carbocycles. The lowest BCUT2D eigenvalue weighted by molar-refractivity contribution is -0.114. The predicted molar refractivity (Wildman–Crippen MR) is 123 cm³/mol. The van der Waals surface area contributed by atoms with Gasteiger partial charge in [-0.2, -0.15) is 0 Å². The molecule has 1 heterocycles. The minimum absolute atomic E-state index is 0.119. The first kappa shape index (κ1) is 22.8. The standard InChI is InChI=1S/C23H29N3O4S/c1-3-18-11-5-8-14-21(18)26(31(2,29)30)17-22(27)24-20-13-7-6-12-19(20)23(28)25-15-9-4-10-16-25/h5-8,11-14H,3-4,9-10,15-17H2,1-2H3,(H,24,27). The van der Waals surface area contributed by atoms with Gasteiger partial charge in [-0.05, 0) is 49.4 Å². The lowest BCUT2D eigenvalue weighted by Crippen LogP contribution is -2.39. The molecule has 2 amide bonds. The summed E-state index contributed by atoms with van der Waals surface area (Å²) in [5, 5.41) is 2.75. The Morgan fingerprint density at radius 1 is 1.00 bits per heavy atom. The van der Waals surface area contributed by atoms with E-state index in [0.717, 1.165) is 35.4 Å². The number of rotatable bonds is 7. The summed E-state index contributed by atoms with van der Waals surface area (Å²) in [6, 6.07) is 14.0. The van der Waals surface area contributed by atoms with Crippen molar-refractivity contribution in [3.8, 4) is 0 Å². The van der Waals surface area contributed by atoms with Gasteiger partial charge in [0.25, 0.3) is 5.91 Å². The predicted octanol–water partition coefficient (Wildman–Crippen LogP) is 3.28. The third kappa shape index (κ3) is 5.64. The monoisotopic (exact) mass is 443 g/mol. The number of sulfonamides is 1. The van der Waals surface area contributed by atoms with Crippen LogP contribution in [0.4, 0.5) is 11.4 Å². The van der Waals surface area contributed by atoms with Gasteiger partial charge >= 0.3 is 0 Å². The molecule has 31 heavy (non-hydrogen) atoms. The molecule has 1 fully saturated rings. The molecule has 2 aromatic rings. The first-order valence-electron chi connectivity index (χ1n) is 10.5. The van der Waals surface area contributed by atoms with Crippen LogP contribution in [0.2, 0.25) is 0 Å². The lowest BCUT2D eigenvalue weighted by atomic mass is 10.1. The Labute approximate surface area is 184 Å². The zero-order valence-electron chi connectivity index (χ0n) is 18.0. The molecule has 1 saturated heterocycles. The average Bonchev–Trinajstić information content (AvgIpc) is 2.77. The highest BCUT2D eigenvalue weighted by atomic mass is 32.2. The third-order valence-corrected chi connectivity index (χ3v) is 6.53. The molecule has 1 aliphatic rings. The van der Waals surface area contributed by atoms with Crippen LogP contribution in [0.3, 0.4) is 0 Å². The highest BCUT2D eigenvalue weighted by Crippen LogP contribution is 2.24. The Morgan fingerprint density at radius 2 is 1.65 bits per heavy atom. The van der Waals surface area contributed by atoms with Crippen LogP contribution in [0.5, 0.6) is 0 Å². The lowest BCUT2D eigenvalue weighted by Gasteiger charge is -2.28. The van der Waals surface area contributed by atoms with E-state index in [1.165, 1.54) is 0 Å². The Hall–Kier alpha value is -2.87. The van der Waals surface area contributed by atoms with Gasteiger partial charge in [0.1, 0.15) is 6.54 Å². The van der Waals surface area contributed by atoms with E-state index in [2.05, 4.69) is 5.32 Å². The van der Waals surface area contributed by atoms with E-state index >= 15 is 0 Å². The summed E-state index contributed by atoms with van der Waals surface area (Å²) in [5.74, 6) is -0.623. The number of nitrogens with zero attached hydrogens (tertiary/aromatic N) is 2. The number of nitrogens with one attached hydrogen (secondary N) is 1. The molecule has 0 radical (unpaired) electrons. The van der Waals surface area contributed by atoms with Crippen LogP contribution in [-0.2, 0) is 21.2 Å². The maximum atomic E-state index is 13.0. The van der Waals surface area contributed by atoms with Crippen molar-refractivity contribution in [3.05, 3.63) is 59.7 Å². The fourth-order valence-electron chi connectivity index (χ4n) is 3.80. The maximum Gasteiger partial charge on any atom is 0.255 e. The molecule has 7 nitrogen and oxygen atoms in total. The first-order chi connectivity index (χ1) is 14.8. The largest absolute Gasteiger partial charge is 0.339 e. The minimum Gasteiger partial charge on any atom is -0.339 e. The summed E-state index contributed by atoms with van der Waals surface area (Å²) in [6.45, 7) is 2.97. The minimum atomic E-state index is -3.68. The van der Waals surface area contributed by atoms with E-state index in [0.29, 0.717) is 36.4 Å². The molecule has 0 unspecified atom stereocenters. The number of carbonyl (C=O) groups excluding carboxylic acids is 2. The molecule has 8 heteroatoms. The molecule has 2 aromatic carbocycles. The number of hydrogen-bond donors (Lipinski definition) is 1. The van der Waals surface area contributed by atoms with Gasteiger partial charge in [0.05, 0.1) is 23.2 Å². The van der Waals surface area contributed by atoms with Crippen molar-refractivity contribution >= 4 is 33.2 Å². The van der Waals surface area contributed by atoms with Crippen LogP contribution < -0.4 is 9.62 Å². The number of para-hydroxylation sites is 2. The van der Waals surface area contributed by atoms with Gasteiger partial charge < -0.3 is 10.2 Å². The summed E-state index contributed by atoms with van der Waals surface area (Å²) in [4.78, 5) is 27.6. The molecule has 0 spiro atoms. The molecule has 1 N–H and O–H groups in total. The SMILES string of the molecule is CCc1ccccc1N(CC(=O)Nc1ccccc1C(=O)N1CCCCC1)S(C)(=O)=O. The zero-order valence-corrected chi connectivity index (χ0v) is 18.8. The average molecular weight is 444 g/mol. The van der Waals surface area contributed by atoms with Gasteiger partial charge in [0.2, 0.25) is 15.9 Å². The topological polar surface area (TPSA) is 86.8 Å². The van der Waals surface area contributed by atoms with Crippen molar-refractivity contribution in [1.29, 1.82) is 0 Å². The summed E-state index contributed by atoms with van der Waals surface area (Å²) in [5.41, 5.74) is 2.12. The third-order valence-electron chi connectivity index (χ3n) is 5.40. The van der Waals surface area contributed by atoms with Gasteiger partial charge in [-0.3, -0.25) is 13.9 Å². The summed E-state index contributed by atoms with van der Waals surface area (Å²) in [6.07, 6.45) is 4.78. The number of anilines is 2. The van der Waals surface area contributed by atoms with Crippen LogP contribution in [0.25, 0.3) is 0 Å². The molecule has 3 rings (SSSR count). The van der Waals surface area contributed by atoms with Crippen molar-refractivity contribution in [2.45, 2.75) is 32.6 Å². The number of benzene rings is 2. The van der Waals surface area contributed by atoms with Crippen molar-refractivity contribution < 1.29 is 18.0 Å². The molecule has 166 valence electrons. The van der Waals surface area contributed by atoms with Crippen molar-refractivity contribution in [1.82, 2.24) is 4.90 Å². The number of hydrogen-bond acceptors (Lipinski definition) is 4. The Morgan fingerprint density at radius 3 is 2.32 bits per heavy atom. The van der Waals surface area contributed by atoms with E-state index in [-0.39, 0.29) is 12.5 Å². The maximum absolute atomic E-state index is 13.0. The molecular weight excluding hydrogens is 414 g/mol. The Kier molecular flexibility index (Phi) is 7.33. The van der Waals surface area contributed by atoms with Crippen LogP contribution in [-0.4, -0.2) is 51.0 Å². The molecule has 0 atom stereocenters. The summed E-state index contributed by atoms with van der Waals surface area (Å²) in [7, 11) is -3.68. The quantitative estimate of drug-likeness (QED) is 0.712. The molecule has 1 aliphatic heterocycles. The number of carbonyl (C=O) groups is 2. The highest BCUT2D eigenvalue weighted by Gasteiger charge is 2.25. The van der Waals surface area contributed by atoms with Gasteiger partial charge in [-0.15, -0.1) is 0 Å². The molecule has 0 aromatic heterocycles. The number of aryl methyl sites for hydroxylation is 1. The zero-order chi connectivity index (χ0) is 22.4. The second-order valence-electron chi connectivity index (χ2n) is 7.70.